The predicted octanol–water partition coefficient (Wildman–Crippen LogP) is 2.41. The number of hydrogen-bond acceptors (Lipinski definition) is 4. The molecule has 4 heteroatoms. The summed E-state index contributed by atoms with van der Waals surface area (Å²) in [7, 11) is 3.73. The molecule has 1 aliphatic heterocycles. The van der Waals surface area contributed by atoms with Crippen LogP contribution in [0.5, 0.6) is 5.75 Å². The van der Waals surface area contributed by atoms with Gasteiger partial charge in [0.2, 0.25) is 0 Å². The fraction of sp³-hybridized carbons (Fsp3) is 0.647. The minimum absolute atomic E-state index is 0.150. The van der Waals surface area contributed by atoms with Crippen molar-refractivity contribution in [3.05, 3.63) is 29.8 Å². The number of benzene rings is 1. The number of methoxy groups -OCH3 is 1. The highest BCUT2D eigenvalue weighted by Crippen LogP contribution is 2.32. The highest BCUT2D eigenvalue weighted by Gasteiger charge is 2.40. The van der Waals surface area contributed by atoms with Gasteiger partial charge in [-0.2, -0.15) is 0 Å². The zero-order valence-electron chi connectivity index (χ0n) is 13.4. The number of hydrogen-bond donors (Lipinski definition) is 1. The van der Waals surface area contributed by atoms with Gasteiger partial charge in [-0.15, -0.1) is 0 Å². The smallest absolute Gasteiger partial charge is 0.122 e. The second-order valence-corrected chi connectivity index (χ2v) is 5.47. The normalized spacial score (nSPS) is 19.2. The van der Waals surface area contributed by atoms with Crippen molar-refractivity contribution in [3.8, 4) is 5.75 Å². The highest BCUT2D eigenvalue weighted by molar-refractivity contribution is 5.34. The van der Waals surface area contributed by atoms with Crippen molar-refractivity contribution in [3.63, 3.8) is 0 Å². The van der Waals surface area contributed by atoms with E-state index in [1.165, 1.54) is 5.56 Å². The van der Waals surface area contributed by atoms with Crippen LogP contribution in [0, 0.1) is 0 Å². The molecule has 1 aromatic carbocycles. The summed E-state index contributed by atoms with van der Waals surface area (Å²) in [4.78, 5) is 0. The van der Waals surface area contributed by atoms with E-state index in [4.69, 9.17) is 14.2 Å². The predicted molar refractivity (Wildman–Crippen MR) is 84.0 cm³/mol. The molecule has 0 radical (unpaired) electrons. The van der Waals surface area contributed by atoms with E-state index in [2.05, 4.69) is 24.4 Å². The van der Waals surface area contributed by atoms with Crippen LogP contribution in [0.2, 0.25) is 0 Å². The first-order valence-corrected chi connectivity index (χ1v) is 7.76. The van der Waals surface area contributed by atoms with Gasteiger partial charge < -0.3 is 19.5 Å². The number of nitrogens with one attached hydrogen (secondary N) is 1. The molecular formula is C17H27NO3. The summed E-state index contributed by atoms with van der Waals surface area (Å²) in [5, 5.41) is 3.46. The molecule has 1 aromatic rings. The molecule has 2 rings (SSSR count). The molecule has 0 bridgehead atoms. The number of rotatable bonds is 7. The van der Waals surface area contributed by atoms with Crippen LogP contribution < -0.4 is 10.1 Å². The lowest BCUT2D eigenvalue weighted by atomic mass is 9.82. The van der Waals surface area contributed by atoms with Crippen LogP contribution in [0.1, 0.15) is 25.3 Å². The lowest BCUT2D eigenvalue weighted by Crippen LogP contribution is -2.55. The summed E-state index contributed by atoms with van der Waals surface area (Å²) in [6.45, 7) is 4.32. The maximum absolute atomic E-state index is 6.19. The van der Waals surface area contributed by atoms with Crippen molar-refractivity contribution < 1.29 is 14.2 Å². The average Bonchev–Trinajstić information content (AvgIpc) is 2.54. The zero-order chi connectivity index (χ0) is 15.1. The van der Waals surface area contributed by atoms with Crippen LogP contribution in [-0.4, -0.2) is 45.6 Å². The summed E-state index contributed by atoms with van der Waals surface area (Å²) < 4.78 is 17.2. The quantitative estimate of drug-likeness (QED) is 0.838. The lowest BCUT2D eigenvalue weighted by Gasteiger charge is -2.43. The van der Waals surface area contributed by atoms with E-state index in [1.54, 1.807) is 7.11 Å². The zero-order valence-corrected chi connectivity index (χ0v) is 13.4. The third-order valence-electron chi connectivity index (χ3n) is 4.37. The van der Waals surface area contributed by atoms with Gasteiger partial charge in [0.05, 0.1) is 12.7 Å². The molecule has 0 aliphatic carbocycles. The molecule has 4 nitrogen and oxygen atoms in total. The van der Waals surface area contributed by atoms with Gasteiger partial charge in [-0.05, 0) is 32.0 Å². The lowest BCUT2D eigenvalue weighted by molar-refractivity contribution is -0.125. The Morgan fingerprint density at radius 3 is 2.62 bits per heavy atom. The highest BCUT2D eigenvalue weighted by atomic mass is 16.5. The van der Waals surface area contributed by atoms with Gasteiger partial charge in [-0.1, -0.05) is 18.2 Å². The Balaban J connectivity index is 2.20. The molecule has 1 atom stereocenters. The number of ether oxygens (including phenoxy) is 3. The van der Waals surface area contributed by atoms with E-state index in [-0.39, 0.29) is 11.6 Å². The monoisotopic (exact) mass is 293 g/mol. The SMILES string of the molecule is CCOC1(C(Cc2ccccc2OC)NC)CCOCC1. The van der Waals surface area contributed by atoms with Crippen LogP contribution in [-0.2, 0) is 15.9 Å². The Morgan fingerprint density at radius 2 is 2.00 bits per heavy atom. The molecule has 1 unspecified atom stereocenters. The standard InChI is InChI=1S/C17H27NO3/c1-4-21-17(9-11-20-12-10-17)16(18-2)13-14-7-5-6-8-15(14)19-3/h5-8,16,18H,4,9-13H2,1-3H3. The van der Waals surface area contributed by atoms with Gasteiger partial charge >= 0.3 is 0 Å². The molecule has 1 saturated heterocycles. The summed E-state index contributed by atoms with van der Waals surface area (Å²) in [5.74, 6) is 0.941. The van der Waals surface area contributed by atoms with Gasteiger partial charge in [0.1, 0.15) is 5.75 Å². The first-order valence-electron chi connectivity index (χ1n) is 7.76. The molecule has 1 fully saturated rings. The van der Waals surface area contributed by atoms with Crippen LogP contribution in [0.25, 0.3) is 0 Å². The first kappa shape index (κ1) is 16.3. The summed E-state index contributed by atoms with van der Waals surface area (Å²) >= 11 is 0. The Kier molecular flexibility index (Phi) is 6.03. The van der Waals surface area contributed by atoms with Gasteiger partial charge in [0.25, 0.3) is 0 Å². The molecule has 0 amide bonds. The fourth-order valence-corrected chi connectivity index (χ4v) is 3.24. The van der Waals surface area contributed by atoms with Crippen LogP contribution in [0.3, 0.4) is 0 Å². The van der Waals surface area contributed by atoms with E-state index < -0.39 is 0 Å². The van der Waals surface area contributed by atoms with Crippen LogP contribution >= 0.6 is 0 Å². The minimum Gasteiger partial charge on any atom is -0.496 e. The third-order valence-corrected chi connectivity index (χ3v) is 4.37. The Hall–Kier alpha value is -1.10. The Labute approximate surface area is 127 Å². The molecule has 1 aliphatic rings. The fourth-order valence-electron chi connectivity index (χ4n) is 3.24. The maximum Gasteiger partial charge on any atom is 0.122 e. The molecular weight excluding hydrogens is 266 g/mol. The Morgan fingerprint density at radius 1 is 1.29 bits per heavy atom. The van der Waals surface area contributed by atoms with Gasteiger partial charge in [-0.3, -0.25) is 0 Å². The van der Waals surface area contributed by atoms with E-state index in [0.29, 0.717) is 0 Å². The first-order chi connectivity index (χ1) is 10.3. The molecule has 21 heavy (non-hydrogen) atoms. The second-order valence-electron chi connectivity index (χ2n) is 5.47. The number of likely N-dealkylation sites (N-methyl/N-ethyl adjacent to an activating group) is 1. The van der Waals surface area contributed by atoms with Crippen molar-refractivity contribution in [2.24, 2.45) is 0 Å². The van der Waals surface area contributed by atoms with Crippen molar-refractivity contribution in [2.75, 3.05) is 34.0 Å². The van der Waals surface area contributed by atoms with Crippen molar-refractivity contribution in [1.82, 2.24) is 5.32 Å². The van der Waals surface area contributed by atoms with Gasteiger partial charge in [0.15, 0.2) is 0 Å². The van der Waals surface area contributed by atoms with Crippen LogP contribution in [0.15, 0.2) is 24.3 Å². The second kappa shape index (κ2) is 7.78. The number of para-hydroxylation sites is 1. The summed E-state index contributed by atoms with van der Waals surface area (Å²) in [6.07, 6.45) is 2.75. The average molecular weight is 293 g/mol. The molecule has 118 valence electrons. The molecule has 1 heterocycles. The van der Waals surface area contributed by atoms with Crippen molar-refractivity contribution in [1.29, 1.82) is 0 Å². The summed E-state index contributed by atoms with van der Waals surface area (Å²) in [6, 6.07) is 8.45. The van der Waals surface area contributed by atoms with E-state index in [1.807, 2.05) is 19.2 Å². The van der Waals surface area contributed by atoms with Crippen LogP contribution in [0.4, 0.5) is 0 Å². The topological polar surface area (TPSA) is 39.7 Å². The van der Waals surface area contributed by atoms with Crippen molar-refractivity contribution >= 4 is 0 Å². The molecule has 1 N–H and O–H groups in total. The summed E-state index contributed by atoms with van der Waals surface area (Å²) in [5.41, 5.74) is 1.06. The van der Waals surface area contributed by atoms with Crippen molar-refractivity contribution in [2.45, 2.75) is 37.8 Å². The molecule has 0 saturated carbocycles. The minimum atomic E-state index is -0.150. The maximum atomic E-state index is 6.19. The third kappa shape index (κ3) is 3.76. The van der Waals surface area contributed by atoms with E-state index >= 15 is 0 Å². The molecule has 0 spiro atoms. The van der Waals surface area contributed by atoms with Gasteiger partial charge in [-0.25, -0.2) is 0 Å². The largest absolute Gasteiger partial charge is 0.496 e. The van der Waals surface area contributed by atoms with Gasteiger partial charge in [0, 0.05) is 38.7 Å². The van der Waals surface area contributed by atoms with E-state index in [0.717, 1.165) is 44.8 Å². The van der Waals surface area contributed by atoms with E-state index in [9.17, 15) is 0 Å². The Bertz CT molecular complexity index is 424. The molecule has 0 aromatic heterocycles.